The topological polar surface area (TPSA) is 178 Å². The van der Waals surface area contributed by atoms with Crippen LogP contribution in [0.2, 0.25) is 0 Å². The van der Waals surface area contributed by atoms with Gasteiger partial charge in [-0.1, -0.05) is 0 Å². The van der Waals surface area contributed by atoms with Gasteiger partial charge in [-0.15, -0.1) is 11.3 Å². The van der Waals surface area contributed by atoms with Crippen LogP contribution < -0.4 is 16.0 Å². The number of hydrogen-bond donors (Lipinski definition) is 5. The third-order valence-electron chi connectivity index (χ3n) is 8.05. The van der Waals surface area contributed by atoms with E-state index in [1.807, 2.05) is 0 Å². The smallest absolute Gasteiger partial charge is 0.389 e. The Morgan fingerprint density at radius 3 is 2.60 bits per heavy atom. The summed E-state index contributed by atoms with van der Waals surface area (Å²) in [7, 11) is -3.92. The molecule has 43 heavy (non-hydrogen) atoms. The average molecular weight is 644 g/mol. The van der Waals surface area contributed by atoms with Crippen molar-refractivity contribution in [3.63, 3.8) is 0 Å². The lowest BCUT2D eigenvalue weighted by Crippen LogP contribution is -2.61. The molecule has 0 bridgehead atoms. The molecule has 5 rings (SSSR count). The molecule has 0 aliphatic carbocycles. The van der Waals surface area contributed by atoms with E-state index in [0.29, 0.717) is 43.6 Å². The highest BCUT2D eigenvalue weighted by Crippen LogP contribution is 2.39. The number of hydrogen-bond acceptors (Lipinski definition) is 9. The Bertz CT molecular complexity index is 1460. The van der Waals surface area contributed by atoms with Gasteiger partial charge >= 0.3 is 14.4 Å². The fourth-order valence-corrected chi connectivity index (χ4v) is 7.13. The van der Waals surface area contributed by atoms with Crippen LogP contribution in [0.5, 0.6) is 0 Å². The molecule has 4 heterocycles. The monoisotopic (exact) mass is 643 g/mol. The molecule has 3 aliphatic rings. The van der Waals surface area contributed by atoms with Crippen molar-refractivity contribution in [2.45, 2.75) is 62.6 Å². The van der Waals surface area contributed by atoms with E-state index in [-0.39, 0.29) is 28.8 Å². The molecule has 5 N–H and O–H groups in total. The number of rotatable bonds is 7. The highest BCUT2D eigenvalue weighted by Gasteiger charge is 2.46. The molecule has 0 saturated carbocycles. The number of amides is 4. The first kappa shape index (κ1) is 31.4. The van der Waals surface area contributed by atoms with Gasteiger partial charge in [0.15, 0.2) is 0 Å². The Labute approximate surface area is 249 Å². The zero-order valence-corrected chi connectivity index (χ0v) is 24.9. The van der Waals surface area contributed by atoms with E-state index in [0.717, 1.165) is 23.5 Å². The summed E-state index contributed by atoms with van der Waals surface area (Å²) in [5, 5.41) is 18.9. The molecule has 4 amide bonds. The van der Waals surface area contributed by atoms with Gasteiger partial charge in [0.25, 0.3) is 5.91 Å². The predicted octanol–water partition coefficient (Wildman–Crippen LogP) is 0.508. The van der Waals surface area contributed by atoms with Gasteiger partial charge in [-0.25, -0.2) is 4.52 Å². The Morgan fingerprint density at radius 2 is 1.93 bits per heavy atom. The fourth-order valence-electron chi connectivity index (χ4n) is 5.85. The average Bonchev–Trinajstić information content (AvgIpc) is 3.66. The number of carbonyl (C=O) groups excluding carboxylic acids is 4. The molecule has 2 aromatic rings. The highest BCUT2D eigenvalue weighted by molar-refractivity contribution is 7.32. The summed E-state index contributed by atoms with van der Waals surface area (Å²) in [4.78, 5) is 64.7. The van der Waals surface area contributed by atoms with Gasteiger partial charge < -0.3 is 35.8 Å². The number of nitrogens with zero attached hydrogens (tertiary/aromatic N) is 2. The first-order valence-electron chi connectivity index (χ1n) is 13.8. The number of fused-ring (bicyclic) bond motifs is 2. The molecule has 3 fully saturated rings. The second kappa shape index (κ2) is 12.5. The molecule has 1 aromatic heterocycles. The van der Waals surface area contributed by atoms with Crippen LogP contribution in [0.1, 0.15) is 41.4 Å². The SMILES string of the molecule is CC(=O)N1CC[C@H]2CC[C@@H](C(=O)N[C@H]3CNC[C@@H]3O)N2C(=O)[C@@H](NC(=O)c2cc3cc(C(F)(F)O[PH](=O)O)ccc3s2)C1. The second-order valence-corrected chi connectivity index (χ2v) is 12.7. The van der Waals surface area contributed by atoms with E-state index in [9.17, 15) is 37.6 Å². The Morgan fingerprint density at radius 1 is 1.16 bits per heavy atom. The molecular weight excluding hydrogens is 611 g/mol. The molecular formula is C26H32F2N5O8PS. The van der Waals surface area contributed by atoms with Crippen molar-refractivity contribution in [3.8, 4) is 0 Å². The van der Waals surface area contributed by atoms with Gasteiger partial charge in [-0.05, 0) is 48.9 Å². The van der Waals surface area contributed by atoms with Crippen LogP contribution in [-0.2, 0) is 29.6 Å². The van der Waals surface area contributed by atoms with E-state index in [1.165, 1.54) is 28.9 Å². The molecule has 6 atom stereocenters. The summed E-state index contributed by atoms with van der Waals surface area (Å²) >= 11 is 0.986. The van der Waals surface area contributed by atoms with Crippen molar-refractivity contribution >= 4 is 53.3 Å². The number of benzene rings is 1. The summed E-state index contributed by atoms with van der Waals surface area (Å²) in [5.74, 6) is -1.87. The Balaban J connectivity index is 1.37. The molecule has 3 aliphatic heterocycles. The lowest BCUT2D eigenvalue weighted by Gasteiger charge is -2.38. The van der Waals surface area contributed by atoms with Crippen LogP contribution in [0.4, 0.5) is 8.78 Å². The Hall–Kier alpha value is -3.01. The number of thiophene rings is 1. The maximum atomic E-state index is 14.2. The van der Waals surface area contributed by atoms with Crippen molar-refractivity contribution in [3.05, 3.63) is 34.7 Å². The van der Waals surface area contributed by atoms with Gasteiger partial charge in [-0.2, -0.15) is 8.78 Å². The zero-order valence-electron chi connectivity index (χ0n) is 23.0. The van der Waals surface area contributed by atoms with Crippen molar-refractivity contribution in [1.82, 2.24) is 25.8 Å². The van der Waals surface area contributed by atoms with Gasteiger partial charge in [0, 0.05) is 43.8 Å². The van der Waals surface area contributed by atoms with E-state index in [2.05, 4.69) is 20.5 Å². The molecule has 1 unspecified atom stereocenters. The van der Waals surface area contributed by atoms with E-state index >= 15 is 0 Å². The maximum Gasteiger partial charge on any atom is 0.389 e. The largest absolute Gasteiger partial charge is 0.390 e. The first-order valence-corrected chi connectivity index (χ1v) is 15.8. The third kappa shape index (κ3) is 6.74. The molecule has 17 heteroatoms. The van der Waals surface area contributed by atoms with Crippen LogP contribution in [0.3, 0.4) is 0 Å². The van der Waals surface area contributed by atoms with E-state index in [4.69, 9.17) is 4.89 Å². The number of aliphatic hydroxyl groups is 1. The number of nitrogens with one attached hydrogen (secondary N) is 3. The maximum absolute atomic E-state index is 14.2. The minimum absolute atomic E-state index is 0.103. The number of aliphatic hydroxyl groups excluding tert-OH is 1. The van der Waals surface area contributed by atoms with Crippen LogP contribution in [-0.4, -0.2) is 99.9 Å². The number of alkyl halides is 2. The summed E-state index contributed by atoms with van der Waals surface area (Å²) in [6.45, 7) is 2.30. The fraction of sp³-hybridized carbons (Fsp3) is 0.538. The second-order valence-electron chi connectivity index (χ2n) is 10.9. The lowest BCUT2D eigenvalue weighted by molar-refractivity contribution is -0.185. The molecule has 13 nitrogen and oxygen atoms in total. The predicted molar refractivity (Wildman–Crippen MR) is 151 cm³/mol. The molecule has 0 radical (unpaired) electrons. The van der Waals surface area contributed by atoms with Crippen molar-refractivity contribution in [2.24, 2.45) is 0 Å². The molecule has 1 aromatic carbocycles. The summed E-state index contributed by atoms with van der Waals surface area (Å²) < 4.78 is 43.6. The number of β-amino-alcohol motifs (C(OH)–C–C–N with tert-alkyl or cyclic N) is 1. The highest BCUT2D eigenvalue weighted by atomic mass is 32.1. The third-order valence-corrected chi connectivity index (χ3v) is 9.59. The van der Waals surface area contributed by atoms with Crippen molar-refractivity contribution in [2.75, 3.05) is 26.2 Å². The minimum Gasteiger partial charge on any atom is -0.390 e. The van der Waals surface area contributed by atoms with E-state index in [1.54, 1.807) is 0 Å². The van der Waals surface area contributed by atoms with Gasteiger partial charge in [0.2, 0.25) is 17.7 Å². The van der Waals surface area contributed by atoms with Gasteiger partial charge in [0.05, 0.1) is 22.6 Å². The molecule has 0 spiro atoms. The minimum atomic E-state index is -4.02. The lowest BCUT2D eigenvalue weighted by atomic mass is 10.1. The van der Waals surface area contributed by atoms with Crippen molar-refractivity contribution < 1.29 is 47.0 Å². The Kier molecular flexibility index (Phi) is 9.16. The summed E-state index contributed by atoms with van der Waals surface area (Å²) in [5.41, 5.74) is -0.672. The zero-order chi connectivity index (χ0) is 31.1. The van der Waals surface area contributed by atoms with Crippen molar-refractivity contribution in [1.29, 1.82) is 0 Å². The quantitative estimate of drug-likeness (QED) is 0.269. The van der Waals surface area contributed by atoms with Crippen LogP contribution in [0, 0.1) is 0 Å². The number of carbonyl (C=O) groups is 4. The molecule has 234 valence electrons. The van der Waals surface area contributed by atoms with Crippen LogP contribution >= 0.6 is 19.6 Å². The van der Waals surface area contributed by atoms with E-state index < -0.39 is 61.9 Å². The number of halogens is 2. The summed E-state index contributed by atoms with van der Waals surface area (Å²) in [6, 6.07) is 1.91. The normalized spacial score (nSPS) is 27.0. The summed E-state index contributed by atoms with van der Waals surface area (Å²) in [6.07, 6.45) is -3.40. The van der Waals surface area contributed by atoms with Crippen LogP contribution in [0.25, 0.3) is 10.1 Å². The van der Waals surface area contributed by atoms with Gasteiger partial charge in [-0.3, -0.25) is 23.7 Å². The van der Waals surface area contributed by atoms with Gasteiger partial charge in [0.1, 0.15) is 12.1 Å². The molecule has 3 saturated heterocycles. The standard InChI is InChI=1S/C26H32F2N5O8PS/c1-13(34)32-7-6-16-3-4-19(23(36)30-17-10-29-11-20(17)35)33(16)25(38)18(12-32)31-24(37)22-9-14-8-15(2-5-21(14)43-22)26(27,28)41-42(39)40/h2,5,8-9,16-20,29,35,42H,3-4,6-7,10-12H2,1H3,(H,30,36)(H,31,37)(H,39,40)/t16-,17+,18+,19+,20+/m1/s1. The first-order chi connectivity index (χ1) is 20.3. The van der Waals surface area contributed by atoms with Crippen LogP contribution in [0.15, 0.2) is 24.3 Å².